The topological polar surface area (TPSA) is 95.7 Å². The van der Waals surface area contributed by atoms with E-state index in [9.17, 15) is 14.7 Å². The van der Waals surface area contributed by atoms with Crippen molar-refractivity contribution in [1.29, 1.82) is 0 Å². The number of nitrogens with one attached hydrogen (secondary N) is 1. The molecule has 7 heteroatoms. The van der Waals surface area contributed by atoms with Gasteiger partial charge >= 0.3 is 0 Å². The SMILES string of the molecule is CC(O)C(C)SCC(=O)N1CCC(C(=O)NN)CC1. The Balaban J connectivity index is 2.31. The third kappa shape index (κ3) is 5.00. The minimum absolute atomic E-state index is 0.0458. The first-order valence-electron chi connectivity index (χ1n) is 6.53. The van der Waals surface area contributed by atoms with Gasteiger partial charge in [0.2, 0.25) is 11.8 Å². The highest BCUT2D eigenvalue weighted by Crippen LogP contribution is 2.20. The van der Waals surface area contributed by atoms with E-state index in [4.69, 9.17) is 5.84 Å². The van der Waals surface area contributed by atoms with E-state index in [0.717, 1.165) is 0 Å². The predicted octanol–water partition coefficient (Wildman–Crippen LogP) is -0.283. The number of rotatable bonds is 5. The number of nitrogens with zero attached hydrogens (tertiary/aromatic N) is 1. The van der Waals surface area contributed by atoms with Gasteiger partial charge in [-0.05, 0) is 19.8 Å². The maximum atomic E-state index is 12.0. The van der Waals surface area contributed by atoms with Crippen molar-refractivity contribution >= 4 is 23.6 Å². The van der Waals surface area contributed by atoms with Crippen molar-refractivity contribution in [3.63, 3.8) is 0 Å². The average Bonchev–Trinajstić information content (AvgIpc) is 2.43. The van der Waals surface area contributed by atoms with Crippen molar-refractivity contribution in [3.8, 4) is 0 Å². The van der Waals surface area contributed by atoms with Crippen LogP contribution in [0.4, 0.5) is 0 Å². The summed E-state index contributed by atoms with van der Waals surface area (Å²) in [5.41, 5.74) is 2.16. The van der Waals surface area contributed by atoms with E-state index in [0.29, 0.717) is 31.7 Å². The van der Waals surface area contributed by atoms with E-state index < -0.39 is 6.10 Å². The first kappa shape index (κ1) is 16.3. The molecule has 0 aliphatic carbocycles. The predicted molar refractivity (Wildman–Crippen MR) is 75.2 cm³/mol. The number of carbonyl (C=O) groups excluding carboxylic acids is 2. The number of aliphatic hydroxyl groups excluding tert-OH is 1. The summed E-state index contributed by atoms with van der Waals surface area (Å²) in [6, 6.07) is 0. The lowest BCUT2D eigenvalue weighted by molar-refractivity contribution is -0.133. The highest BCUT2D eigenvalue weighted by atomic mass is 32.2. The van der Waals surface area contributed by atoms with Crippen LogP contribution in [0.15, 0.2) is 0 Å². The monoisotopic (exact) mass is 289 g/mol. The van der Waals surface area contributed by atoms with Crippen LogP contribution in [0.25, 0.3) is 0 Å². The zero-order valence-electron chi connectivity index (χ0n) is 11.5. The van der Waals surface area contributed by atoms with Gasteiger partial charge in [-0.3, -0.25) is 15.0 Å². The second-order valence-corrected chi connectivity index (χ2v) is 6.29. The summed E-state index contributed by atoms with van der Waals surface area (Å²) in [4.78, 5) is 25.1. The average molecular weight is 289 g/mol. The zero-order valence-corrected chi connectivity index (χ0v) is 12.3. The molecule has 2 unspecified atom stereocenters. The Bertz CT molecular complexity index is 317. The van der Waals surface area contributed by atoms with Gasteiger partial charge in [-0.1, -0.05) is 6.92 Å². The lowest BCUT2D eigenvalue weighted by Crippen LogP contribution is -2.45. The van der Waals surface area contributed by atoms with Crippen LogP contribution in [-0.2, 0) is 9.59 Å². The van der Waals surface area contributed by atoms with Crippen molar-refractivity contribution in [1.82, 2.24) is 10.3 Å². The number of amides is 2. The Morgan fingerprint density at radius 3 is 2.47 bits per heavy atom. The van der Waals surface area contributed by atoms with Gasteiger partial charge < -0.3 is 10.0 Å². The smallest absolute Gasteiger partial charge is 0.237 e. The molecule has 0 aromatic carbocycles. The summed E-state index contributed by atoms with van der Waals surface area (Å²) in [6.45, 7) is 4.82. The summed E-state index contributed by atoms with van der Waals surface area (Å²) in [5.74, 6) is 5.31. The number of likely N-dealkylation sites (tertiary alicyclic amines) is 1. The van der Waals surface area contributed by atoms with Gasteiger partial charge in [0.1, 0.15) is 0 Å². The van der Waals surface area contributed by atoms with E-state index in [2.05, 4.69) is 5.43 Å². The number of hydrogen-bond donors (Lipinski definition) is 3. The standard InChI is InChI=1S/C12H23N3O3S/c1-8(16)9(2)19-7-11(17)15-5-3-10(4-6-15)12(18)14-13/h8-10,16H,3-7,13H2,1-2H3,(H,14,18). The molecule has 1 rings (SSSR count). The van der Waals surface area contributed by atoms with E-state index in [1.165, 1.54) is 11.8 Å². The molecule has 1 fully saturated rings. The second kappa shape index (κ2) is 7.72. The van der Waals surface area contributed by atoms with Crippen LogP contribution in [0, 0.1) is 5.92 Å². The molecular formula is C12H23N3O3S. The largest absolute Gasteiger partial charge is 0.392 e. The number of hydrazine groups is 1. The molecule has 0 radical (unpaired) electrons. The number of carbonyl (C=O) groups is 2. The fourth-order valence-electron chi connectivity index (χ4n) is 1.94. The van der Waals surface area contributed by atoms with Crippen LogP contribution in [0.2, 0.25) is 0 Å². The lowest BCUT2D eigenvalue weighted by atomic mass is 9.96. The summed E-state index contributed by atoms with van der Waals surface area (Å²) >= 11 is 1.46. The van der Waals surface area contributed by atoms with Crippen molar-refractivity contribution in [2.75, 3.05) is 18.8 Å². The third-order valence-corrected chi connectivity index (χ3v) is 4.84. The molecule has 1 aliphatic rings. The third-order valence-electron chi connectivity index (χ3n) is 3.51. The van der Waals surface area contributed by atoms with Crippen LogP contribution in [-0.4, -0.2) is 52.0 Å². The van der Waals surface area contributed by atoms with E-state index >= 15 is 0 Å². The minimum atomic E-state index is -0.420. The van der Waals surface area contributed by atoms with Crippen LogP contribution in [0.3, 0.4) is 0 Å². The van der Waals surface area contributed by atoms with E-state index in [1.54, 1.807) is 11.8 Å². The molecule has 2 atom stereocenters. The van der Waals surface area contributed by atoms with Crippen LogP contribution in [0.5, 0.6) is 0 Å². The second-order valence-electron chi connectivity index (χ2n) is 4.92. The van der Waals surface area contributed by atoms with Gasteiger partial charge in [0.15, 0.2) is 0 Å². The molecule has 0 bridgehead atoms. The molecular weight excluding hydrogens is 266 g/mol. The Hall–Kier alpha value is -0.790. The van der Waals surface area contributed by atoms with Gasteiger partial charge in [-0.2, -0.15) is 0 Å². The Labute approximate surface area is 118 Å². The van der Waals surface area contributed by atoms with Gasteiger partial charge in [0, 0.05) is 24.3 Å². The minimum Gasteiger partial charge on any atom is -0.392 e. The maximum absolute atomic E-state index is 12.0. The van der Waals surface area contributed by atoms with Crippen molar-refractivity contribution in [3.05, 3.63) is 0 Å². The first-order chi connectivity index (χ1) is 8.95. The molecule has 1 heterocycles. The van der Waals surface area contributed by atoms with Crippen LogP contribution in [0.1, 0.15) is 26.7 Å². The van der Waals surface area contributed by atoms with Gasteiger partial charge in [0.25, 0.3) is 0 Å². The van der Waals surface area contributed by atoms with Crippen LogP contribution < -0.4 is 11.3 Å². The number of piperidine rings is 1. The lowest BCUT2D eigenvalue weighted by Gasteiger charge is -2.31. The molecule has 110 valence electrons. The molecule has 0 saturated carbocycles. The summed E-state index contributed by atoms with van der Waals surface area (Å²) in [7, 11) is 0. The summed E-state index contributed by atoms with van der Waals surface area (Å²) < 4.78 is 0. The summed E-state index contributed by atoms with van der Waals surface area (Å²) in [5, 5.41) is 9.41. The molecule has 0 aromatic rings. The zero-order chi connectivity index (χ0) is 14.4. The number of nitrogens with two attached hydrogens (primary N) is 1. The normalized spacial score (nSPS) is 19.9. The van der Waals surface area contributed by atoms with Gasteiger partial charge in [0.05, 0.1) is 11.9 Å². The molecule has 1 aliphatic heterocycles. The van der Waals surface area contributed by atoms with E-state index in [1.807, 2.05) is 6.92 Å². The van der Waals surface area contributed by atoms with Gasteiger partial charge in [-0.15, -0.1) is 11.8 Å². The quantitative estimate of drug-likeness (QED) is 0.367. The molecule has 0 aromatic heterocycles. The highest BCUT2D eigenvalue weighted by molar-refractivity contribution is 8.00. The fourth-order valence-corrected chi connectivity index (χ4v) is 2.81. The van der Waals surface area contributed by atoms with E-state index in [-0.39, 0.29) is 23.0 Å². The maximum Gasteiger partial charge on any atom is 0.237 e. The highest BCUT2D eigenvalue weighted by Gasteiger charge is 2.27. The summed E-state index contributed by atoms with van der Waals surface area (Å²) in [6.07, 6.45) is 0.897. The fraction of sp³-hybridized carbons (Fsp3) is 0.833. The van der Waals surface area contributed by atoms with Crippen molar-refractivity contribution < 1.29 is 14.7 Å². The molecule has 4 N–H and O–H groups in total. The number of thioether (sulfide) groups is 1. The Morgan fingerprint density at radius 1 is 1.42 bits per heavy atom. The molecule has 6 nitrogen and oxygen atoms in total. The number of aliphatic hydroxyl groups is 1. The van der Waals surface area contributed by atoms with Crippen molar-refractivity contribution in [2.45, 2.75) is 38.0 Å². The number of hydrogen-bond acceptors (Lipinski definition) is 5. The Morgan fingerprint density at radius 2 is 2.00 bits per heavy atom. The molecule has 1 saturated heterocycles. The van der Waals surface area contributed by atoms with Crippen LogP contribution >= 0.6 is 11.8 Å². The molecule has 19 heavy (non-hydrogen) atoms. The van der Waals surface area contributed by atoms with Crippen molar-refractivity contribution in [2.24, 2.45) is 11.8 Å². The Kier molecular flexibility index (Phi) is 6.60. The first-order valence-corrected chi connectivity index (χ1v) is 7.58. The molecule has 2 amide bonds. The van der Waals surface area contributed by atoms with Gasteiger partial charge in [-0.25, -0.2) is 5.84 Å². The molecule has 0 spiro atoms.